The first-order valence-electron chi connectivity index (χ1n) is 3.37. The molecule has 0 radical (unpaired) electrons. The van der Waals surface area contributed by atoms with Gasteiger partial charge < -0.3 is 4.74 Å². The van der Waals surface area contributed by atoms with Crippen molar-refractivity contribution in [3.63, 3.8) is 0 Å². The number of rotatable bonds is 3. The summed E-state index contributed by atoms with van der Waals surface area (Å²) in [4.78, 5) is 6.67. The Kier molecular flexibility index (Phi) is 2.93. The normalized spacial score (nSPS) is 8.75. The summed E-state index contributed by atoms with van der Waals surface area (Å²) in [5.41, 5.74) is 8.75. The van der Waals surface area contributed by atoms with Crippen LogP contribution in [0.3, 0.4) is 0 Å². The van der Waals surface area contributed by atoms with Crippen molar-refractivity contribution in [3.8, 4) is 5.88 Å². The van der Waals surface area contributed by atoms with E-state index >= 15 is 0 Å². The van der Waals surface area contributed by atoms with Gasteiger partial charge in [-0.05, 0) is 11.6 Å². The Bertz CT molecular complexity index is 306. The molecule has 5 nitrogen and oxygen atoms in total. The van der Waals surface area contributed by atoms with E-state index in [2.05, 4.69) is 15.0 Å². The van der Waals surface area contributed by atoms with Gasteiger partial charge in [-0.1, -0.05) is 11.2 Å². The number of ether oxygens (including phenoxy) is 1. The first kappa shape index (κ1) is 8.36. The minimum absolute atomic E-state index is 0.258. The third-order valence-corrected chi connectivity index (χ3v) is 1.29. The van der Waals surface area contributed by atoms with Crippen LogP contribution in [0.5, 0.6) is 5.88 Å². The standard InChI is InChI=1S/C7H8N4O/c1-12-7-4-2-3-6(10-7)5-9-11-8/h2-4H,5H2,1H3. The van der Waals surface area contributed by atoms with Gasteiger partial charge in [0, 0.05) is 11.0 Å². The van der Waals surface area contributed by atoms with E-state index in [-0.39, 0.29) is 6.54 Å². The molecule has 5 heteroatoms. The number of hydrogen-bond donors (Lipinski definition) is 0. The lowest BCUT2D eigenvalue weighted by Gasteiger charge is -1.99. The maximum atomic E-state index is 8.05. The molecule has 0 saturated carbocycles. The minimum atomic E-state index is 0.258. The predicted molar refractivity (Wildman–Crippen MR) is 43.6 cm³/mol. The van der Waals surface area contributed by atoms with Crippen LogP contribution in [0, 0.1) is 0 Å². The van der Waals surface area contributed by atoms with Gasteiger partial charge in [-0.2, -0.15) is 0 Å². The summed E-state index contributed by atoms with van der Waals surface area (Å²) in [6, 6.07) is 5.31. The molecule has 0 aromatic carbocycles. The highest BCUT2D eigenvalue weighted by atomic mass is 16.5. The fraction of sp³-hybridized carbons (Fsp3) is 0.286. The van der Waals surface area contributed by atoms with Crippen LogP contribution < -0.4 is 4.74 Å². The second-order valence-electron chi connectivity index (χ2n) is 2.06. The second-order valence-corrected chi connectivity index (χ2v) is 2.06. The van der Waals surface area contributed by atoms with Crippen molar-refractivity contribution in [1.82, 2.24) is 4.98 Å². The lowest BCUT2D eigenvalue weighted by molar-refractivity contribution is 0.396. The van der Waals surface area contributed by atoms with Crippen molar-refractivity contribution in [1.29, 1.82) is 0 Å². The van der Waals surface area contributed by atoms with Crippen molar-refractivity contribution in [2.24, 2.45) is 5.11 Å². The Balaban J connectivity index is 2.78. The van der Waals surface area contributed by atoms with Gasteiger partial charge in [0.15, 0.2) is 0 Å². The van der Waals surface area contributed by atoms with E-state index in [0.717, 1.165) is 0 Å². The lowest BCUT2D eigenvalue weighted by atomic mass is 10.3. The Hall–Kier alpha value is -1.74. The SMILES string of the molecule is COc1cccc(CN=[N+]=[N-])n1. The molecule has 0 aliphatic carbocycles. The number of hydrogen-bond acceptors (Lipinski definition) is 3. The molecular weight excluding hydrogens is 156 g/mol. The van der Waals surface area contributed by atoms with Gasteiger partial charge >= 0.3 is 0 Å². The van der Waals surface area contributed by atoms with Gasteiger partial charge in [0.25, 0.3) is 0 Å². The van der Waals surface area contributed by atoms with Crippen molar-refractivity contribution in [2.75, 3.05) is 7.11 Å². The fourth-order valence-electron chi connectivity index (χ4n) is 0.763. The maximum absolute atomic E-state index is 8.05. The zero-order valence-corrected chi connectivity index (χ0v) is 6.64. The predicted octanol–water partition coefficient (Wildman–Crippen LogP) is 1.90. The largest absolute Gasteiger partial charge is 0.481 e. The molecule has 0 N–H and O–H groups in total. The van der Waals surface area contributed by atoms with Crippen molar-refractivity contribution in [2.45, 2.75) is 6.54 Å². The van der Waals surface area contributed by atoms with Crippen LogP contribution in [0.4, 0.5) is 0 Å². The Morgan fingerprint density at radius 2 is 2.50 bits per heavy atom. The molecule has 1 heterocycles. The quantitative estimate of drug-likeness (QED) is 0.389. The van der Waals surface area contributed by atoms with Gasteiger partial charge in [-0.25, -0.2) is 4.98 Å². The highest BCUT2D eigenvalue weighted by Gasteiger charge is 1.94. The highest BCUT2D eigenvalue weighted by molar-refractivity contribution is 5.15. The van der Waals surface area contributed by atoms with Gasteiger partial charge in [-0.15, -0.1) is 0 Å². The smallest absolute Gasteiger partial charge is 0.213 e. The monoisotopic (exact) mass is 164 g/mol. The number of aromatic nitrogens is 1. The molecule has 0 atom stereocenters. The van der Waals surface area contributed by atoms with E-state index in [1.807, 2.05) is 0 Å². The molecule has 0 bridgehead atoms. The average Bonchev–Trinajstić information content (AvgIpc) is 2.15. The van der Waals surface area contributed by atoms with Crippen LogP contribution in [0.1, 0.15) is 5.69 Å². The summed E-state index contributed by atoms with van der Waals surface area (Å²) in [7, 11) is 1.54. The number of nitrogens with zero attached hydrogens (tertiary/aromatic N) is 4. The summed E-state index contributed by atoms with van der Waals surface area (Å²) in [5, 5.41) is 3.38. The van der Waals surface area contributed by atoms with E-state index < -0.39 is 0 Å². The lowest BCUT2D eigenvalue weighted by Crippen LogP contribution is -1.91. The zero-order valence-electron chi connectivity index (χ0n) is 6.64. The molecule has 1 rings (SSSR count). The Labute approximate surface area is 69.6 Å². The summed E-state index contributed by atoms with van der Waals surface area (Å²) < 4.78 is 4.89. The Morgan fingerprint density at radius 1 is 1.67 bits per heavy atom. The molecule has 0 unspecified atom stereocenters. The third kappa shape index (κ3) is 2.14. The number of methoxy groups -OCH3 is 1. The van der Waals surface area contributed by atoms with Gasteiger partial charge in [0.05, 0.1) is 19.3 Å². The summed E-state index contributed by atoms with van der Waals surface area (Å²) in [5.74, 6) is 0.528. The molecular formula is C7H8N4O. The topological polar surface area (TPSA) is 70.9 Å². The molecule has 1 aromatic heterocycles. The van der Waals surface area contributed by atoms with Crippen molar-refractivity contribution >= 4 is 0 Å². The number of pyridine rings is 1. The van der Waals surface area contributed by atoms with Gasteiger partial charge in [-0.3, -0.25) is 0 Å². The molecule has 62 valence electrons. The average molecular weight is 164 g/mol. The summed E-state index contributed by atoms with van der Waals surface area (Å²) in [6.45, 7) is 0.258. The van der Waals surface area contributed by atoms with Crippen LogP contribution in [0.15, 0.2) is 23.3 Å². The molecule has 0 amide bonds. The Morgan fingerprint density at radius 3 is 3.17 bits per heavy atom. The molecule has 0 spiro atoms. The molecule has 0 fully saturated rings. The summed E-state index contributed by atoms with van der Waals surface area (Å²) >= 11 is 0. The minimum Gasteiger partial charge on any atom is -0.481 e. The van der Waals surface area contributed by atoms with Crippen LogP contribution >= 0.6 is 0 Å². The first-order chi connectivity index (χ1) is 5.86. The van der Waals surface area contributed by atoms with E-state index in [1.54, 1.807) is 25.3 Å². The van der Waals surface area contributed by atoms with Gasteiger partial charge in [0.1, 0.15) is 0 Å². The third-order valence-electron chi connectivity index (χ3n) is 1.29. The molecule has 12 heavy (non-hydrogen) atoms. The zero-order chi connectivity index (χ0) is 8.81. The van der Waals surface area contributed by atoms with Crippen LogP contribution in [0.2, 0.25) is 0 Å². The van der Waals surface area contributed by atoms with Crippen LogP contribution in [-0.2, 0) is 6.54 Å². The van der Waals surface area contributed by atoms with E-state index in [4.69, 9.17) is 10.3 Å². The van der Waals surface area contributed by atoms with Crippen molar-refractivity contribution in [3.05, 3.63) is 34.3 Å². The van der Waals surface area contributed by atoms with E-state index in [0.29, 0.717) is 11.6 Å². The number of azide groups is 1. The van der Waals surface area contributed by atoms with Crippen LogP contribution in [0.25, 0.3) is 10.4 Å². The molecule has 0 saturated heterocycles. The van der Waals surface area contributed by atoms with Crippen molar-refractivity contribution < 1.29 is 4.74 Å². The summed E-state index contributed by atoms with van der Waals surface area (Å²) in [6.07, 6.45) is 0. The highest BCUT2D eigenvalue weighted by Crippen LogP contribution is 2.06. The fourth-order valence-corrected chi connectivity index (χ4v) is 0.763. The first-order valence-corrected chi connectivity index (χ1v) is 3.37. The van der Waals surface area contributed by atoms with E-state index in [9.17, 15) is 0 Å². The van der Waals surface area contributed by atoms with Gasteiger partial charge in [0.2, 0.25) is 5.88 Å². The second kappa shape index (κ2) is 4.20. The van der Waals surface area contributed by atoms with Crippen LogP contribution in [-0.4, -0.2) is 12.1 Å². The maximum Gasteiger partial charge on any atom is 0.213 e. The molecule has 1 aromatic rings. The molecule has 0 aliphatic rings. The van der Waals surface area contributed by atoms with E-state index in [1.165, 1.54) is 0 Å². The molecule has 0 aliphatic heterocycles.